The fourth-order valence-electron chi connectivity index (χ4n) is 3.54. The van der Waals surface area contributed by atoms with Crippen LogP contribution in [0.15, 0.2) is 84.9 Å². The number of rotatable bonds is 5. The van der Waals surface area contributed by atoms with Crippen molar-refractivity contribution < 1.29 is 0 Å². The maximum Gasteiger partial charge on any atom is 0.138 e. The Hall–Kier alpha value is -3.65. The Bertz CT molecular complexity index is 1100. The molecular weight excluding hydrogens is 364 g/mol. The molecule has 1 N–H and O–H groups in total. The van der Waals surface area contributed by atoms with Gasteiger partial charge in [-0.05, 0) is 31.9 Å². The van der Waals surface area contributed by atoms with Gasteiger partial charge in [-0.2, -0.15) is 0 Å². The van der Waals surface area contributed by atoms with Gasteiger partial charge in [-0.3, -0.25) is 0 Å². The average molecular weight is 391 g/mol. The molecule has 0 amide bonds. The van der Waals surface area contributed by atoms with Crippen LogP contribution in [-0.2, 0) is 0 Å². The van der Waals surface area contributed by atoms with Crippen molar-refractivity contribution in [3.8, 4) is 33.9 Å². The first-order valence-electron chi connectivity index (χ1n) is 10.3. The van der Waals surface area contributed by atoms with E-state index in [-0.39, 0.29) is 0 Å². The molecule has 0 spiro atoms. The summed E-state index contributed by atoms with van der Waals surface area (Å²) in [5.41, 5.74) is 8.94. The van der Waals surface area contributed by atoms with Crippen LogP contribution in [-0.4, -0.2) is 9.97 Å². The molecule has 0 radical (unpaired) electrons. The number of nitrogens with zero attached hydrogens (tertiary/aromatic N) is 1. The number of nitrogens with one attached hydrogen (secondary N) is 1. The second-order valence-electron chi connectivity index (χ2n) is 7.42. The highest BCUT2D eigenvalue weighted by Crippen LogP contribution is 2.33. The van der Waals surface area contributed by atoms with E-state index in [1.54, 1.807) is 0 Å². The highest BCUT2D eigenvalue weighted by atomic mass is 14.9. The van der Waals surface area contributed by atoms with Crippen LogP contribution in [0.2, 0.25) is 0 Å². The lowest BCUT2D eigenvalue weighted by molar-refractivity contribution is 1.30. The number of hydrogen-bond acceptors (Lipinski definition) is 1. The highest BCUT2D eigenvalue weighted by Gasteiger charge is 2.15. The van der Waals surface area contributed by atoms with Crippen molar-refractivity contribution in [1.82, 2.24) is 9.97 Å². The minimum absolute atomic E-state index is 0.884. The standard InChI is InChI=1S/C28H26N2/c1-4-6-21-10-16-23(17-11-21)26-27(24-18-12-22(7-5-2)13-19-24)30-28(29-26)25-14-8-20(3)9-15-25/h4-19H,1-3H3,(H,29,30)/b6-4+,7-5+. The Morgan fingerprint density at radius 1 is 0.633 bits per heavy atom. The van der Waals surface area contributed by atoms with Crippen molar-refractivity contribution in [2.75, 3.05) is 0 Å². The van der Waals surface area contributed by atoms with Crippen molar-refractivity contribution >= 4 is 12.2 Å². The van der Waals surface area contributed by atoms with E-state index in [1.165, 1.54) is 16.7 Å². The van der Waals surface area contributed by atoms with E-state index >= 15 is 0 Å². The van der Waals surface area contributed by atoms with Gasteiger partial charge in [0.05, 0.1) is 11.4 Å². The summed E-state index contributed by atoms with van der Waals surface area (Å²) in [5.74, 6) is 0.884. The molecule has 0 unspecified atom stereocenters. The van der Waals surface area contributed by atoms with Crippen LogP contribution in [0.25, 0.3) is 46.1 Å². The Balaban J connectivity index is 1.82. The SMILES string of the molecule is C/C=C/c1ccc(-c2nc(-c3ccc(C)cc3)[nH]c2-c2ccc(/C=C/C)cc2)cc1. The Morgan fingerprint density at radius 3 is 1.67 bits per heavy atom. The number of allylic oxidation sites excluding steroid dienone is 2. The van der Waals surface area contributed by atoms with Gasteiger partial charge < -0.3 is 4.98 Å². The van der Waals surface area contributed by atoms with Crippen molar-refractivity contribution in [3.63, 3.8) is 0 Å². The molecule has 2 heteroatoms. The largest absolute Gasteiger partial charge is 0.337 e. The summed E-state index contributed by atoms with van der Waals surface area (Å²) in [6, 6.07) is 25.6. The van der Waals surface area contributed by atoms with Crippen LogP contribution in [0, 0.1) is 6.92 Å². The maximum absolute atomic E-state index is 5.00. The van der Waals surface area contributed by atoms with E-state index in [4.69, 9.17) is 4.98 Å². The molecule has 2 nitrogen and oxygen atoms in total. The van der Waals surface area contributed by atoms with Gasteiger partial charge >= 0.3 is 0 Å². The van der Waals surface area contributed by atoms with Crippen molar-refractivity contribution in [1.29, 1.82) is 0 Å². The fourth-order valence-corrected chi connectivity index (χ4v) is 3.54. The van der Waals surface area contributed by atoms with Crippen LogP contribution in [0.3, 0.4) is 0 Å². The van der Waals surface area contributed by atoms with Crippen LogP contribution >= 0.6 is 0 Å². The number of aryl methyl sites for hydroxylation is 1. The molecule has 148 valence electrons. The maximum atomic E-state index is 5.00. The van der Waals surface area contributed by atoms with E-state index < -0.39 is 0 Å². The zero-order chi connectivity index (χ0) is 20.9. The molecule has 0 saturated heterocycles. The van der Waals surface area contributed by atoms with Gasteiger partial charge in [0.15, 0.2) is 0 Å². The van der Waals surface area contributed by atoms with Gasteiger partial charge in [0.1, 0.15) is 5.82 Å². The second-order valence-corrected chi connectivity index (χ2v) is 7.42. The van der Waals surface area contributed by atoms with E-state index in [0.29, 0.717) is 0 Å². The van der Waals surface area contributed by atoms with E-state index in [0.717, 1.165) is 33.9 Å². The quantitative estimate of drug-likeness (QED) is 0.370. The van der Waals surface area contributed by atoms with Crippen LogP contribution in [0.5, 0.6) is 0 Å². The summed E-state index contributed by atoms with van der Waals surface area (Å²) in [7, 11) is 0. The van der Waals surface area contributed by atoms with Gasteiger partial charge in [0.2, 0.25) is 0 Å². The topological polar surface area (TPSA) is 28.7 Å². The molecule has 1 aromatic heterocycles. The zero-order valence-electron chi connectivity index (χ0n) is 17.7. The molecule has 0 aliphatic carbocycles. The molecule has 0 aliphatic rings. The number of imidazole rings is 1. The van der Waals surface area contributed by atoms with Gasteiger partial charge in [0.25, 0.3) is 0 Å². The predicted octanol–water partition coefficient (Wildman–Crippen LogP) is 7.79. The molecule has 0 fully saturated rings. The summed E-state index contributed by atoms with van der Waals surface area (Å²) in [5, 5.41) is 0. The summed E-state index contributed by atoms with van der Waals surface area (Å²) in [6.07, 6.45) is 8.32. The molecule has 30 heavy (non-hydrogen) atoms. The zero-order valence-corrected chi connectivity index (χ0v) is 17.7. The summed E-state index contributed by atoms with van der Waals surface area (Å²) in [4.78, 5) is 8.58. The second kappa shape index (κ2) is 8.79. The summed E-state index contributed by atoms with van der Waals surface area (Å²) >= 11 is 0. The molecule has 4 aromatic rings. The van der Waals surface area contributed by atoms with Gasteiger partial charge in [-0.25, -0.2) is 4.98 Å². The lowest BCUT2D eigenvalue weighted by Crippen LogP contribution is -1.85. The molecule has 0 aliphatic heterocycles. The number of aromatic nitrogens is 2. The van der Waals surface area contributed by atoms with Crippen molar-refractivity contribution in [2.45, 2.75) is 20.8 Å². The Morgan fingerprint density at radius 2 is 1.13 bits per heavy atom. The first-order chi connectivity index (χ1) is 14.7. The number of H-pyrrole nitrogens is 1. The lowest BCUT2D eigenvalue weighted by Gasteiger charge is -2.05. The van der Waals surface area contributed by atoms with Crippen LogP contribution in [0.4, 0.5) is 0 Å². The normalized spacial score (nSPS) is 11.6. The minimum Gasteiger partial charge on any atom is -0.337 e. The Labute approximate surface area is 178 Å². The van der Waals surface area contributed by atoms with Crippen LogP contribution in [0.1, 0.15) is 30.5 Å². The predicted molar refractivity (Wildman–Crippen MR) is 129 cm³/mol. The van der Waals surface area contributed by atoms with Crippen LogP contribution < -0.4 is 0 Å². The number of hydrogen-bond donors (Lipinski definition) is 1. The van der Waals surface area contributed by atoms with E-state index in [1.807, 2.05) is 13.8 Å². The first kappa shape index (κ1) is 19.7. The van der Waals surface area contributed by atoms with E-state index in [9.17, 15) is 0 Å². The van der Waals surface area contributed by atoms with Gasteiger partial charge in [-0.1, -0.05) is 103 Å². The lowest BCUT2D eigenvalue weighted by atomic mass is 10.0. The summed E-state index contributed by atoms with van der Waals surface area (Å²) in [6.45, 7) is 6.17. The molecule has 0 bridgehead atoms. The third-order valence-electron chi connectivity index (χ3n) is 5.13. The Kier molecular flexibility index (Phi) is 5.76. The third kappa shape index (κ3) is 4.18. The molecule has 4 rings (SSSR count). The molecule has 0 saturated carbocycles. The van der Waals surface area contributed by atoms with Gasteiger partial charge in [-0.15, -0.1) is 0 Å². The molecule has 3 aromatic carbocycles. The smallest absolute Gasteiger partial charge is 0.138 e. The van der Waals surface area contributed by atoms with Gasteiger partial charge in [0, 0.05) is 16.7 Å². The molecular formula is C28H26N2. The number of aromatic amines is 1. The van der Waals surface area contributed by atoms with Crippen molar-refractivity contribution in [2.24, 2.45) is 0 Å². The monoisotopic (exact) mass is 390 g/mol. The molecule has 0 atom stereocenters. The fraction of sp³-hybridized carbons (Fsp3) is 0.107. The summed E-state index contributed by atoms with van der Waals surface area (Å²) < 4.78 is 0. The third-order valence-corrected chi connectivity index (χ3v) is 5.13. The number of benzene rings is 3. The molecule has 1 heterocycles. The van der Waals surface area contributed by atoms with Crippen molar-refractivity contribution in [3.05, 3.63) is 102 Å². The first-order valence-corrected chi connectivity index (χ1v) is 10.3. The highest BCUT2D eigenvalue weighted by molar-refractivity contribution is 5.82. The average Bonchev–Trinajstić information content (AvgIpc) is 3.21. The minimum atomic E-state index is 0.884. The van der Waals surface area contributed by atoms with E-state index in [2.05, 4.69) is 109 Å².